The topological polar surface area (TPSA) is 64.8 Å². The zero-order valence-electron chi connectivity index (χ0n) is 11.2. The van der Waals surface area contributed by atoms with Crippen molar-refractivity contribution in [3.05, 3.63) is 0 Å². The van der Waals surface area contributed by atoms with Crippen LogP contribution in [0.15, 0.2) is 0 Å². The second-order valence-corrected chi connectivity index (χ2v) is 5.58. The molecule has 0 spiro atoms. The van der Waals surface area contributed by atoms with Crippen LogP contribution >= 0.6 is 0 Å². The largest absolute Gasteiger partial charge is 0.382 e. The Morgan fingerprint density at radius 3 is 2.76 bits per heavy atom. The molecule has 1 aliphatic heterocycles. The van der Waals surface area contributed by atoms with Crippen LogP contribution in [0, 0.1) is 5.41 Å². The average molecular weight is 244 g/mol. The number of hydrogen-bond donors (Lipinski definition) is 1. The van der Waals surface area contributed by atoms with Crippen LogP contribution in [0.4, 0.5) is 0 Å². The van der Waals surface area contributed by atoms with E-state index >= 15 is 0 Å². The van der Waals surface area contributed by atoms with Crippen LogP contribution in [-0.4, -0.2) is 56.4 Å². The summed E-state index contributed by atoms with van der Waals surface area (Å²) in [4.78, 5) is 14.0. The van der Waals surface area contributed by atoms with Crippen molar-refractivity contribution in [3.63, 3.8) is 0 Å². The second kappa shape index (κ2) is 5.80. The molecule has 0 aliphatic carbocycles. The molecule has 1 saturated heterocycles. The molecular weight excluding hydrogens is 220 g/mol. The van der Waals surface area contributed by atoms with Gasteiger partial charge in [0.05, 0.1) is 25.4 Å². The molecular formula is C12H24N2O3. The smallest absolute Gasteiger partial charge is 0.240 e. The molecule has 1 fully saturated rings. The highest BCUT2D eigenvalue weighted by Gasteiger charge is 2.33. The Labute approximate surface area is 103 Å². The van der Waals surface area contributed by atoms with Crippen LogP contribution in [-0.2, 0) is 14.3 Å². The number of nitrogens with zero attached hydrogens (tertiary/aromatic N) is 1. The van der Waals surface area contributed by atoms with Gasteiger partial charge in [-0.25, -0.2) is 0 Å². The number of ether oxygens (including phenoxy) is 2. The number of morpholine rings is 1. The molecule has 0 radical (unpaired) electrons. The lowest BCUT2D eigenvalue weighted by Crippen LogP contribution is -2.55. The molecule has 2 N–H and O–H groups in total. The summed E-state index contributed by atoms with van der Waals surface area (Å²) in [5.41, 5.74) is 5.77. The van der Waals surface area contributed by atoms with Crippen LogP contribution in [0.5, 0.6) is 0 Å². The maximum Gasteiger partial charge on any atom is 0.240 e. The fourth-order valence-corrected chi connectivity index (χ4v) is 1.77. The SMILES string of the molecule is COCC1CN(C(=O)[C@@H](N)C(C)(C)C)CCO1. The van der Waals surface area contributed by atoms with Gasteiger partial charge < -0.3 is 20.1 Å². The minimum atomic E-state index is -0.469. The Balaban J connectivity index is 2.57. The minimum absolute atomic E-state index is 0.00176. The monoisotopic (exact) mass is 244 g/mol. The Morgan fingerprint density at radius 1 is 1.59 bits per heavy atom. The van der Waals surface area contributed by atoms with Gasteiger partial charge >= 0.3 is 0 Å². The van der Waals surface area contributed by atoms with Crippen molar-refractivity contribution in [2.24, 2.45) is 11.1 Å². The van der Waals surface area contributed by atoms with E-state index in [1.807, 2.05) is 20.8 Å². The van der Waals surface area contributed by atoms with Crippen molar-refractivity contribution >= 4 is 5.91 Å². The van der Waals surface area contributed by atoms with Gasteiger partial charge in [-0.2, -0.15) is 0 Å². The van der Waals surface area contributed by atoms with Crippen molar-refractivity contribution in [3.8, 4) is 0 Å². The van der Waals surface area contributed by atoms with Crippen LogP contribution in [0.1, 0.15) is 20.8 Å². The first-order valence-electron chi connectivity index (χ1n) is 6.01. The van der Waals surface area contributed by atoms with E-state index in [9.17, 15) is 4.79 Å². The fraction of sp³-hybridized carbons (Fsp3) is 0.917. The molecule has 0 aromatic heterocycles. The number of amides is 1. The Bertz CT molecular complexity index is 261. The third-order valence-corrected chi connectivity index (χ3v) is 3.00. The van der Waals surface area contributed by atoms with Gasteiger partial charge in [0.15, 0.2) is 0 Å². The Hall–Kier alpha value is -0.650. The van der Waals surface area contributed by atoms with Crippen molar-refractivity contribution in [2.45, 2.75) is 32.9 Å². The first-order valence-corrected chi connectivity index (χ1v) is 6.01. The van der Waals surface area contributed by atoms with Gasteiger partial charge in [-0.05, 0) is 5.41 Å². The highest BCUT2D eigenvalue weighted by atomic mass is 16.5. The van der Waals surface area contributed by atoms with Gasteiger partial charge in [0.1, 0.15) is 0 Å². The minimum Gasteiger partial charge on any atom is -0.382 e. The summed E-state index contributed by atoms with van der Waals surface area (Å²) in [6.45, 7) is 8.17. The van der Waals surface area contributed by atoms with Crippen LogP contribution in [0.3, 0.4) is 0 Å². The lowest BCUT2D eigenvalue weighted by molar-refractivity contribution is -0.144. The summed E-state index contributed by atoms with van der Waals surface area (Å²) in [6, 6.07) is -0.469. The third-order valence-electron chi connectivity index (χ3n) is 3.00. The summed E-state index contributed by atoms with van der Waals surface area (Å²) >= 11 is 0. The van der Waals surface area contributed by atoms with Gasteiger partial charge in [0.25, 0.3) is 0 Å². The highest BCUT2D eigenvalue weighted by Crippen LogP contribution is 2.20. The molecule has 0 aromatic rings. The average Bonchev–Trinajstić information content (AvgIpc) is 2.27. The number of carbonyl (C=O) groups is 1. The molecule has 1 unspecified atom stereocenters. The van der Waals surface area contributed by atoms with Crippen molar-refractivity contribution in [1.29, 1.82) is 0 Å². The maximum atomic E-state index is 12.2. The number of methoxy groups -OCH3 is 1. The fourth-order valence-electron chi connectivity index (χ4n) is 1.77. The summed E-state index contributed by atoms with van der Waals surface area (Å²) in [5.74, 6) is 0.00176. The molecule has 100 valence electrons. The van der Waals surface area contributed by atoms with E-state index in [4.69, 9.17) is 15.2 Å². The van der Waals surface area contributed by atoms with E-state index in [1.165, 1.54) is 0 Å². The third kappa shape index (κ3) is 3.94. The van der Waals surface area contributed by atoms with Gasteiger partial charge in [-0.1, -0.05) is 20.8 Å². The second-order valence-electron chi connectivity index (χ2n) is 5.58. The van der Waals surface area contributed by atoms with Crippen LogP contribution < -0.4 is 5.73 Å². The molecule has 5 nitrogen and oxygen atoms in total. The predicted octanol–water partition coefficient (Wildman–Crippen LogP) is 0.234. The number of rotatable bonds is 3. The highest BCUT2D eigenvalue weighted by molar-refractivity contribution is 5.82. The zero-order valence-corrected chi connectivity index (χ0v) is 11.2. The zero-order chi connectivity index (χ0) is 13.1. The summed E-state index contributed by atoms with van der Waals surface area (Å²) < 4.78 is 10.5. The van der Waals surface area contributed by atoms with Crippen molar-refractivity contribution in [1.82, 2.24) is 4.90 Å². The normalized spacial score (nSPS) is 23.6. The predicted molar refractivity (Wildman–Crippen MR) is 65.6 cm³/mol. The molecule has 1 heterocycles. The van der Waals surface area contributed by atoms with Crippen LogP contribution in [0.2, 0.25) is 0 Å². The molecule has 2 atom stereocenters. The van der Waals surface area contributed by atoms with Gasteiger partial charge in [-0.15, -0.1) is 0 Å². The molecule has 1 aliphatic rings. The van der Waals surface area contributed by atoms with Gasteiger partial charge in [0, 0.05) is 20.2 Å². The van der Waals surface area contributed by atoms with E-state index < -0.39 is 6.04 Å². The number of hydrogen-bond acceptors (Lipinski definition) is 4. The van der Waals surface area contributed by atoms with E-state index in [0.29, 0.717) is 26.3 Å². The lowest BCUT2D eigenvalue weighted by Gasteiger charge is -2.37. The molecule has 1 rings (SSSR count). The number of carbonyl (C=O) groups excluding carboxylic acids is 1. The van der Waals surface area contributed by atoms with E-state index in [1.54, 1.807) is 12.0 Å². The van der Waals surface area contributed by atoms with E-state index in [0.717, 1.165) is 0 Å². The molecule has 5 heteroatoms. The van der Waals surface area contributed by atoms with E-state index in [-0.39, 0.29) is 17.4 Å². The maximum absolute atomic E-state index is 12.2. The van der Waals surface area contributed by atoms with Gasteiger partial charge in [-0.3, -0.25) is 4.79 Å². The van der Waals surface area contributed by atoms with Gasteiger partial charge in [0.2, 0.25) is 5.91 Å². The summed E-state index contributed by atoms with van der Waals surface area (Å²) in [7, 11) is 1.63. The molecule has 0 aromatic carbocycles. The lowest BCUT2D eigenvalue weighted by atomic mass is 9.86. The summed E-state index contributed by atoms with van der Waals surface area (Å²) in [5, 5.41) is 0. The quantitative estimate of drug-likeness (QED) is 0.772. The first kappa shape index (κ1) is 14.4. The molecule has 17 heavy (non-hydrogen) atoms. The number of nitrogens with two attached hydrogens (primary N) is 1. The standard InChI is InChI=1S/C12H24N2O3/c1-12(2,3)10(13)11(15)14-5-6-17-9(7-14)8-16-4/h9-10H,5-8,13H2,1-4H3/t9?,10-/m1/s1. The Kier molecular flexibility index (Phi) is 4.91. The van der Waals surface area contributed by atoms with Crippen molar-refractivity contribution < 1.29 is 14.3 Å². The molecule has 0 bridgehead atoms. The van der Waals surface area contributed by atoms with E-state index in [2.05, 4.69) is 0 Å². The van der Waals surface area contributed by atoms with Crippen LogP contribution in [0.25, 0.3) is 0 Å². The Morgan fingerprint density at radius 2 is 2.24 bits per heavy atom. The first-order chi connectivity index (χ1) is 7.86. The molecule has 0 saturated carbocycles. The summed E-state index contributed by atoms with van der Waals surface area (Å²) in [6.07, 6.45) is -0.0372. The molecule has 1 amide bonds. The van der Waals surface area contributed by atoms with Crippen molar-refractivity contribution in [2.75, 3.05) is 33.4 Å².